The van der Waals surface area contributed by atoms with Crippen LogP contribution in [0.5, 0.6) is 5.75 Å². The van der Waals surface area contributed by atoms with E-state index in [1.54, 1.807) is 7.11 Å². The third-order valence-electron chi connectivity index (χ3n) is 3.60. The molecule has 1 aromatic carbocycles. The summed E-state index contributed by atoms with van der Waals surface area (Å²) in [5, 5.41) is 12.9. The summed E-state index contributed by atoms with van der Waals surface area (Å²) in [5.41, 5.74) is 1.14. The maximum atomic E-state index is 9.41. The van der Waals surface area contributed by atoms with Gasteiger partial charge in [-0.2, -0.15) is 0 Å². The number of aliphatic hydroxyl groups excluding tert-OH is 1. The van der Waals surface area contributed by atoms with Crippen LogP contribution in [0.2, 0.25) is 0 Å². The minimum Gasteiger partial charge on any atom is -0.496 e. The van der Waals surface area contributed by atoms with Gasteiger partial charge in [-0.15, -0.1) is 0 Å². The first-order valence-corrected chi connectivity index (χ1v) is 6.81. The molecule has 0 aliphatic rings. The maximum Gasteiger partial charge on any atom is 0.123 e. The molecule has 1 aromatic rings. The molecule has 0 aliphatic carbocycles. The van der Waals surface area contributed by atoms with Crippen molar-refractivity contribution in [1.82, 2.24) is 10.2 Å². The fraction of sp³-hybridized carbons (Fsp3) is 0.600. The van der Waals surface area contributed by atoms with Gasteiger partial charge in [0.1, 0.15) is 5.75 Å². The zero-order valence-electron chi connectivity index (χ0n) is 12.4. The van der Waals surface area contributed by atoms with Crippen molar-refractivity contribution in [2.45, 2.75) is 25.9 Å². The number of nitrogens with zero attached hydrogens (tertiary/aromatic N) is 1. The van der Waals surface area contributed by atoms with Gasteiger partial charge in [-0.1, -0.05) is 25.1 Å². The number of hydrogen-bond acceptors (Lipinski definition) is 4. The predicted molar refractivity (Wildman–Crippen MR) is 78.6 cm³/mol. The second-order valence-corrected chi connectivity index (χ2v) is 4.78. The summed E-state index contributed by atoms with van der Waals surface area (Å²) in [7, 11) is 3.71. The summed E-state index contributed by atoms with van der Waals surface area (Å²) in [6.07, 6.45) is 0. The molecule has 0 saturated carbocycles. The molecule has 0 heterocycles. The molecular weight excluding hydrogens is 240 g/mol. The van der Waals surface area contributed by atoms with Gasteiger partial charge in [-0.25, -0.2) is 0 Å². The van der Waals surface area contributed by atoms with Crippen LogP contribution in [0.1, 0.15) is 25.5 Å². The van der Waals surface area contributed by atoms with Gasteiger partial charge in [0.15, 0.2) is 0 Å². The van der Waals surface area contributed by atoms with E-state index in [1.165, 1.54) is 0 Å². The molecule has 0 saturated heterocycles. The highest BCUT2D eigenvalue weighted by Crippen LogP contribution is 2.24. The molecule has 4 nitrogen and oxygen atoms in total. The average Bonchev–Trinajstić information content (AvgIpc) is 2.47. The van der Waals surface area contributed by atoms with Crippen molar-refractivity contribution in [3.05, 3.63) is 29.8 Å². The number of rotatable bonds is 8. The number of benzene rings is 1. The number of aliphatic hydroxyl groups is 1. The summed E-state index contributed by atoms with van der Waals surface area (Å²) in [4.78, 5) is 2.14. The summed E-state index contributed by atoms with van der Waals surface area (Å²) < 4.78 is 5.37. The fourth-order valence-electron chi connectivity index (χ4n) is 2.06. The van der Waals surface area contributed by atoms with Crippen LogP contribution in [0.15, 0.2) is 24.3 Å². The Labute approximate surface area is 116 Å². The summed E-state index contributed by atoms with van der Waals surface area (Å²) in [5.74, 6) is 0.895. The predicted octanol–water partition coefficient (Wildman–Crippen LogP) is 1.66. The highest BCUT2D eigenvalue weighted by atomic mass is 16.5. The molecule has 19 heavy (non-hydrogen) atoms. The van der Waals surface area contributed by atoms with E-state index >= 15 is 0 Å². The Bertz CT molecular complexity index is 371. The molecule has 0 spiro atoms. The number of likely N-dealkylation sites (N-methyl/N-ethyl adjacent to an activating group) is 1. The quantitative estimate of drug-likeness (QED) is 0.751. The van der Waals surface area contributed by atoms with Crippen LogP contribution < -0.4 is 10.1 Å². The van der Waals surface area contributed by atoms with E-state index in [-0.39, 0.29) is 18.7 Å². The molecule has 0 amide bonds. The monoisotopic (exact) mass is 266 g/mol. The summed E-state index contributed by atoms with van der Waals surface area (Å²) >= 11 is 0. The second-order valence-electron chi connectivity index (χ2n) is 4.78. The Morgan fingerprint density at radius 1 is 1.37 bits per heavy atom. The van der Waals surface area contributed by atoms with Gasteiger partial charge >= 0.3 is 0 Å². The van der Waals surface area contributed by atoms with Crippen LogP contribution in [-0.2, 0) is 0 Å². The van der Waals surface area contributed by atoms with Crippen molar-refractivity contribution in [2.24, 2.45) is 0 Å². The molecule has 4 heteroatoms. The molecule has 1 rings (SSSR count). The van der Waals surface area contributed by atoms with E-state index in [2.05, 4.69) is 30.1 Å². The molecule has 2 atom stereocenters. The van der Waals surface area contributed by atoms with E-state index < -0.39 is 0 Å². The van der Waals surface area contributed by atoms with Crippen molar-refractivity contribution in [3.8, 4) is 5.75 Å². The first kappa shape index (κ1) is 16.0. The van der Waals surface area contributed by atoms with Crippen LogP contribution in [0.3, 0.4) is 0 Å². The minimum atomic E-state index is 0.141. The largest absolute Gasteiger partial charge is 0.496 e. The number of hydrogen-bond donors (Lipinski definition) is 2. The van der Waals surface area contributed by atoms with Gasteiger partial charge < -0.3 is 20.1 Å². The lowest BCUT2D eigenvalue weighted by Gasteiger charge is -2.27. The molecular formula is C15H26N2O2. The number of methoxy groups -OCH3 is 1. The molecule has 0 radical (unpaired) electrons. The highest BCUT2D eigenvalue weighted by molar-refractivity contribution is 5.35. The number of para-hydroxylation sites is 1. The van der Waals surface area contributed by atoms with Crippen molar-refractivity contribution >= 4 is 0 Å². The van der Waals surface area contributed by atoms with Gasteiger partial charge in [0, 0.05) is 24.2 Å². The Morgan fingerprint density at radius 3 is 2.63 bits per heavy atom. The summed E-state index contributed by atoms with van der Waals surface area (Å²) in [6.45, 7) is 6.04. The van der Waals surface area contributed by atoms with E-state index in [0.717, 1.165) is 24.4 Å². The highest BCUT2D eigenvalue weighted by Gasteiger charge is 2.15. The maximum absolute atomic E-state index is 9.41. The molecule has 0 unspecified atom stereocenters. The first-order valence-electron chi connectivity index (χ1n) is 6.81. The molecule has 2 N–H and O–H groups in total. The van der Waals surface area contributed by atoms with E-state index in [9.17, 15) is 5.11 Å². The smallest absolute Gasteiger partial charge is 0.123 e. The Kier molecular flexibility index (Phi) is 6.84. The second kappa shape index (κ2) is 8.15. The lowest BCUT2D eigenvalue weighted by molar-refractivity contribution is 0.147. The Morgan fingerprint density at radius 2 is 2.05 bits per heavy atom. The Balaban J connectivity index is 2.61. The zero-order valence-corrected chi connectivity index (χ0v) is 12.4. The number of ether oxygens (including phenoxy) is 1. The topological polar surface area (TPSA) is 44.7 Å². The Hall–Kier alpha value is -1.10. The third-order valence-corrected chi connectivity index (χ3v) is 3.60. The zero-order chi connectivity index (χ0) is 14.3. The van der Waals surface area contributed by atoms with Gasteiger partial charge in [-0.3, -0.25) is 0 Å². The van der Waals surface area contributed by atoms with Crippen molar-refractivity contribution in [1.29, 1.82) is 0 Å². The van der Waals surface area contributed by atoms with E-state index in [1.807, 2.05) is 25.2 Å². The number of nitrogens with one attached hydrogen (secondary N) is 1. The van der Waals surface area contributed by atoms with E-state index in [4.69, 9.17) is 4.74 Å². The fourth-order valence-corrected chi connectivity index (χ4v) is 2.06. The SMILES string of the molecule is CCN(C)[C@H](CO)CN[C@@H](C)c1ccccc1OC. The lowest BCUT2D eigenvalue weighted by Crippen LogP contribution is -2.43. The molecule has 0 aliphatic heterocycles. The molecule has 0 fully saturated rings. The van der Waals surface area contributed by atoms with Crippen molar-refractivity contribution in [2.75, 3.05) is 33.9 Å². The lowest BCUT2D eigenvalue weighted by atomic mass is 10.1. The van der Waals surface area contributed by atoms with E-state index in [0.29, 0.717) is 0 Å². The van der Waals surface area contributed by atoms with Gasteiger partial charge in [0.25, 0.3) is 0 Å². The van der Waals surface area contributed by atoms with Gasteiger partial charge in [0.05, 0.1) is 13.7 Å². The van der Waals surface area contributed by atoms with Crippen LogP contribution in [0, 0.1) is 0 Å². The third kappa shape index (κ3) is 4.49. The van der Waals surface area contributed by atoms with Gasteiger partial charge in [0.2, 0.25) is 0 Å². The minimum absolute atomic E-state index is 0.141. The molecule has 108 valence electrons. The first-order chi connectivity index (χ1) is 9.13. The van der Waals surface area contributed by atoms with Crippen LogP contribution in [-0.4, -0.2) is 49.9 Å². The molecule has 0 bridgehead atoms. The van der Waals surface area contributed by atoms with Crippen LogP contribution in [0.25, 0.3) is 0 Å². The molecule has 0 aromatic heterocycles. The summed E-state index contributed by atoms with van der Waals surface area (Å²) in [6, 6.07) is 8.34. The normalized spacial score (nSPS) is 14.4. The average molecular weight is 266 g/mol. The van der Waals surface area contributed by atoms with Crippen molar-refractivity contribution in [3.63, 3.8) is 0 Å². The van der Waals surface area contributed by atoms with Crippen LogP contribution in [0.4, 0.5) is 0 Å². The van der Waals surface area contributed by atoms with Gasteiger partial charge in [-0.05, 0) is 26.6 Å². The van der Waals surface area contributed by atoms with Crippen LogP contribution >= 0.6 is 0 Å². The van der Waals surface area contributed by atoms with Crippen molar-refractivity contribution < 1.29 is 9.84 Å². The standard InChI is InChI=1S/C15H26N2O2/c1-5-17(3)13(11-18)10-16-12(2)14-8-6-7-9-15(14)19-4/h6-9,12-13,16,18H,5,10-11H2,1-4H3/t12-,13-/m0/s1.